The number of aromatic nitrogens is 2. The average Bonchev–Trinajstić information content (AvgIpc) is 2.65. The maximum absolute atomic E-state index is 13.0. The van der Waals surface area contributed by atoms with Gasteiger partial charge in [-0.15, -0.1) is 0 Å². The zero-order chi connectivity index (χ0) is 12.0. The van der Waals surface area contributed by atoms with Crippen molar-refractivity contribution in [3.8, 4) is 0 Å². The van der Waals surface area contributed by atoms with Gasteiger partial charge in [0.2, 0.25) is 5.95 Å². The molecule has 0 amide bonds. The third-order valence-corrected chi connectivity index (χ3v) is 3.56. The van der Waals surface area contributed by atoms with Crippen LogP contribution in [0.2, 0.25) is 0 Å². The second-order valence-electron chi connectivity index (χ2n) is 4.68. The van der Waals surface area contributed by atoms with Crippen LogP contribution in [0, 0.1) is 0 Å². The van der Waals surface area contributed by atoms with Crippen molar-refractivity contribution in [2.75, 3.05) is 11.9 Å². The maximum atomic E-state index is 13.0. The number of hydrogen-bond acceptors (Lipinski definition) is 2. The Kier molecular flexibility index (Phi) is 2.34. The third-order valence-electron chi connectivity index (χ3n) is 3.56. The van der Waals surface area contributed by atoms with Gasteiger partial charge in [0.05, 0.1) is 5.69 Å². The van der Waals surface area contributed by atoms with Crippen LogP contribution in [0.1, 0.15) is 36.7 Å². The molecule has 2 aliphatic rings. The lowest BCUT2D eigenvalue weighted by atomic mass is 10.00. The van der Waals surface area contributed by atoms with E-state index in [-0.39, 0.29) is 6.42 Å². The predicted octanol–water partition coefficient (Wildman–Crippen LogP) is 2.68. The summed E-state index contributed by atoms with van der Waals surface area (Å²) in [6, 6.07) is -1.40. The van der Waals surface area contributed by atoms with Gasteiger partial charge in [0.15, 0.2) is 0 Å². The molecule has 1 aromatic rings. The number of nitrogens with one attached hydrogen (secondary N) is 1. The molecule has 1 aliphatic heterocycles. The van der Waals surface area contributed by atoms with Gasteiger partial charge in [0.25, 0.3) is 0 Å². The first kappa shape index (κ1) is 10.9. The van der Waals surface area contributed by atoms with Crippen LogP contribution in [0.25, 0.3) is 0 Å². The van der Waals surface area contributed by atoms with Gasteiger partial charge in [-0.05, 0) is 32.1 Å². The number of imidazole rings is 1. The number of fused-ring (bicyclic) bond motifs is 3. The molecule has 17 heavy (non-hydrogen) atoms. The molecule has 1 aliphatic carbocycles. The van der Waals surface area contributed by atoms with Crippen LogP contribution in [0.4, 0.5) is 19.1 Å². The van der Waals surface area contributed by atoms with Crippen LogP contribution >= 0.6 is 0 Å². The van der Waals surface area contributed by atoms with Crippen LogP contribution in [0.3, 0.4) is 0 Å². The lowest BCUT2D eigenvalue weighted by Gasteiger charge is -2.30. The van der Waals surface area contributed by atoms with E-state index in [4.69, 9.17) is 0 Å². The monoisotopic (exact) mass is 245 g/mol. The number of nitrogens with zero attached hydrogens (tertiary/aromatic N) is 2. The average molecular weight is 245 g/mol. The van der Waals surface area contributed by atoms with E-state index in [1.54, 1.807) is 0 Å². The van der Waals surface area contributed by atoms with Crippen molar-refractivity contribution in [1.29, 1.82) is 0 Å². The van der Waals surface area contributed by atoms with Crippen molar-refractivity contribution in [2.24, 2.45) is 0 Å². The standard InChI is InChI=1S/C11H14F3N3/c12-11(13,14)9-5-6-15-10-16-7-3-1-2-4-8(7)17(9)10/h9H,1-6H2,(H,15,16). The lowest BCUT2D eigenvalue weighted by molar-refractivity contribution is -0.169. The molecule has 3 nitrogen and oxygen atoms in total. The van der Waals surface area contributed by atoms with Crippen LogP contribution < -0.4 is 5.32 Å². The van der Waals surface area contributed by atoms with Gasteiger partial charge >= 0.3 is 6.18 Å². The molecule has 3 rings (SSSR count). The van der Waals surface area contributed by atoms with E-state index < -0.39 is 12.2 Å². The first-order chi connectivity index (χ1) is 8.07. The quantitative estimate of drug-likeness (QED) is 0.761. The Hall–Kier alpha value is -1.20. The Morgan fingerprint density at radius 2 is 2.00 bits per heavy atom. The highest BCUT2D eigenvalue weighted by atomic mass is 19.4. The lowest BCUT2D eigenvalue weighted by Crippen LogP contribution is -2.34. The summed E-state index contributed by atoms with van der Waals surface area (Å²) in [5, 5.41) is 2.97. The van der Waals surface area contributed by atoms with E-state index >= 15 is 0 Å². The molecule has 1 aromatic heterocycles. The van der Waals surface area contributed by atoms with Gasteiger partial charge in [0.1, 0.15) is 6.04 Å². The number of hydrogen-bond donors (Lipinski definition) is 1. The van der Waals surface area contributed by atoms with Gasteiger partial charge in [-0.25, -0.2) is 4.98 Å². The second-order valence-corrected chi connectivity index (χ2v) is 4.68. The molecule has 1 N–H and O–H groups in total. The number of halogens is 3. The minimum Gasteiger partial charge on any atom is -0.356 e. The van der Waals surface area contributed by atoms with E-state index in [1.165, 1.54) is 4.57 Å². The molecular weight excluding hydrogens is 231 g/mol. The molecule has 2 heterocycles. The first-order valence-electron chi connectivity index (χ1n) is 5.98. The summed E-state index contributed by atoms with van der Waals surface area (Å²) in [7, 11) is 0. The fourth-order valence-corrected chi connectivity index (χ4v) is 2.78. The van der Waals surface area contributed by atoms with E-state index in [0.717, 1.165) is 37.1 Å². The smallest absolute Gasteiger partial charge is 0.356 e. The van der Waals surface area contributed by atoms with Crippen molar-refractivity contribution in [3.63, 3.8) is 0 Å². The summed E-state index contributed by atoms with van der Waals surface area (Å²) in [4.78, 5) is 4.31. The van der Waals surface area contributed by atoms with E-state index in [0.29, 0.717) is 12.5 Å². The largest absolute Gasteiger partial charge is 0.409 e. The number of aryl methyl sites for hydroxylation is 1. The van der Waals surface area contributed by atoms with Crippen molar-refractivity contribution in [2.45, 2.75) is 44.3 Å². The van der Waals surface area contributed by atoms with E-state index in [1.807, 2.05) is 0 Å². The number of alkyl halides is 3. The summed E-state index contributed by atoms with van der Waals surface area (Å²) in [5.41, 5.74) is 1.65. The zero-order valence-corrected chi connectivity index (χ0v) is 9.35. The summed E-state index contributed by atoms with van der Waals surface area (Å²) >= 11 is 0. The van der Waals surface area contributed by atoms with Crippen molar-refractivity contribution >= 4 is 5.95 Å². The highest BCUT2D eigenvalue weighted by molar-refractivity contribution is 5.38. The molecule has 0 saturated carbocycles. The third kappa shape index (κ3) is 1.70. The normalized spacial score (nSPS) is 23.8. The highest BCUT2D eigenvalue weighted by Gasteiger charge is 2.44. The minimum atomic E-state index is -4.18. The Bertz CT molecular complexity index is 436. The van der Waals surface area contributed by atoms with E-state index in [2.05, 4.69) is 10.3 Å². The van der Waals surface area contributed by atoms with Gasteiger partial charge in [-0.3, -0.25) is 0 Å². The second kappa shape index (κ2) is 3.65. The Morgan fingerprint density at radius 3 is 2.76 bits per heavy atom. The topological polar surface area (TPSA) is 29.9 Å². The molecule has 0 radical (unpaired) electrons. The molecule has 6 heteroatoms. The Balaban J connectivity index is 2.09. The molecule has 0 saturated heterocycles. The van der Waals surface area contributed by atoms with Gasteiger partial charge in [0, 0.05) is 12.2 Å². The summed E-state index contributed by atoms with van der Waals surface area (Å²) in [6.45, 7) is 0.347. The summed E-state index contributed by atoms with van der Waals surface area (Å²) in [5.74, 6) is 0.408. The fourth-order valence-electron chi connectivity index (χ4n) is 2.78. The zero-order valence-electron chi connectivity index (χ0n) is 9.35. The van der Waals surface area contributed by atoms with Crippen LogP contribution in [0.15, 0.2) is 0 Å². The van der Waals surface area contributed by atoms with Gasteiger partial charge in [-0.1, -0.05) is 0 Å². The summed E-state index contributed by atoms with van der Waals surface area (Å²) < 4.78 is 40.4. The molecule has 0 spiro atoms. The minimum absolute atomic E-state index is 0.0965. The van der Waals surface area contributed by atoms with Gasteiger partial charge in [-0.2, -0.15) is 13.2 Å². The molecule has 0 fully saturated rings. The molecule has 94 valence electrons. The predicted molar refractivity (Wildman–Crippen MR) is 57.1 cm³/mol. The molecule has 0 aromatic carbocycles. The van der Waals surface area contributed by atoms with Crippen molar-refractivity contribution in [1.82, 2.24) is 9.55 Å². The molecule has 1 unspecified atom stereocenters. The Morgan fingerprint density at radius 1 is 1.24 bits per heavy atom. The molecule has 0 bridgehead atoms. The fraction of sp³-hybridized carbons (Fsp3) is 0.727. The molecular formula is C11H14F3N3. The van der Waals surface area contributed by atoms with Crippen LogP contribution in [-0.2, 0) is 12.8 Å². The number of anilines is 1. The number of rotatable bonds is 0. The van der Waals surface area contributed by atoms with Crippen LogP contribution in [0.5, 0.6) is 0 Å². The SMILES string of the molecule is FC(F)(F)C1CCNc2nc3c(n21)CCCC3. The van der Waals surface area contributed by atoms with Crippen molar-refractivity contribution < 1.29 is 13.2 Å². The van der Waals surface area contributed by atoms with Crippen LogP contribution in [-0.4, -0.2) is 22.3 Å². The van der Waals surface area contributed by atoms with E-state index in [9.17, 15) is 13.2 Å². The van der Waals surface area contributed by atoms with Gasteiger partial charge < -0.3 is 9.88 Å². The first-order valence-corrected chi connectivity index (χ1v) is 5.98. The van der Waals surface area contributed by atoms with Crippen molar-refractivity contribution in [3.05, 3.63) is 11.4 Å². The summed E-state index contributed by atoms with van der Waals surface area (Å²) in [6.07, 6.45) is -0.566. The Labute approximate surface area is 97.0 Å². The highest BCUT2D eigenvalue weighted by Crippen LogP contribution is 2.40. The molecule has 1 atom stereocenters. The maximum Gasteiger partial charge on any atom is 0.409 e.